The number of carbonyl (C=O) groups excluding carboxylic acids is 3. The number of nitrogens with one attached hydrogen (secondary N) is 1. The number of methoxy groups -OCH3 is 1. The number of benzene rings is 2. The van der Waals surface area contributed by atoms with Crippen molar-refractivity contribution in [2.24, 2.45) is 0 Å². The Morgan fingerprint density at radius 1 is 0.706 bits per heavy atom. The van der Waals surface area contributed by atoms with Gasteiger partial charge in [0.15, 0.2) is 0 Å². The van der Waals surface area contributed by atoms with E-state index in [2.05, 4.69) is 5.32 Å². The number of urea groups is 1. The second kappa shape index (κ2) is 11.0. The zero-order chi connectivity index (χ0) is 23.9. The molecule has 0 aliphatic carbocycles. The molecular formula is C26H32N4O4. The molecule has 4 amide bonds. The van der Waals surface area contributed by atoms with Gasteiger partial charge in [0.25, 0.3) is 11.8 Å². The van der Waals surface area contributed by atoms with Crippen LogP contribution in [-0.4, -0.2) is 78.9 Å². The van der Waals surface area contributed by atoms with Crippen LogP contribution in [0.3, 0.4) is 0 Å². The van der Waals surface area contributed by atoms with Gasteiger partial charge in [0.1, 0.15) is 5.75 Å². The molecule has 0 spiro atoms. The van der Waals surface area contributed by atoms with Crippen molar-refractivity contribution in [2.45, 2.75) is 25.7 Å². The smallest absolute Gasteiger partial charge is 0.321 e. The molecule has 2 aliphatic rings. The summed E-state index contributed by atoms with van der Waals surface area (Å²) in [5.41, 5.74) is 1.86. The molecule has 0 unspecified atom stereocenters. The molecule has 2 heterocycles. The molecule has 180 valence electrons. The zero-order valence-corrected chi connectivity index (χ0v) is 19.7. The summed E-state index contributed by atoms with van der Waals surface area (Å²) in [7, 11) is 1.57. The van der Waals surface area contributed by atoms with Crippen LogP contribution in [0.2, 0.25) is 0 Å². The number of rotatable bonds is 4. The van der Waals surface area contributed by atoms with Crippen LogP contribution in [0, 0.1) is 0 Å². The predicted octanol–water partition coefficient (Wildman–Crippen LogP) is 3.70. The van der Waals surface area contributed by atoms with E-state index in [0.29, 0.717) is 48.7 Å². The molecule has 8 nitrogen and oxygen atoms in total. The molecular weight excluding hydrogens is 432 g/mol. The molecule has 2 saturated heterocycles. The molecule has 4 rings (SSSR count). The molecule has 2 aliphatic heterocycles. The second-order valence-corrected chi connectivity index (χ2v) is 8.73. The van der Waals surface area contributed by atoms with E-state index in [9.17, 15) is 14.4 Å². The van der Waals surface area contributed by atoms with Gasteiger partial charge in [-0.1, -0.05) is 18.9 Å². The monoisotopic (exact) mass is 464 g/mol. The Balaban J connectivity index is 1.28. The summed E-state index contributed by atoms with van der Waals surface area (Å²) in [6.45, 7) is 3.45. The van der Waals surface area contributed by atoms with Crippen LogP contribution in [0.4, 0.5) is 10.5 Å². The van der Waals surface area contributed by atoms with Gasteiger partial charge in [-0.05, 0) is 55.3 Å². The van der Waals surface area contributed by atoms with Crippen molar-refractivity contribution in [1.29, 1.82) is 0 Å². The fourth-order valence-electron chi connectivity index (χ4n) is 4.41. The third kappa shape index (κ3) is 5.68. The minimum absolute atomic E-state index is 0.0524. The molecule has 0 radical (unpaired) electrons. The van der Waals surface area contributed by atoms with Crippen LogP contribution in [0.15, 0.2) is 48.5 Å². The molecule has 2 aromatic rings. The second-order valence-electron chi connectivity index (χ2n) is 8.73. The van der Waals surface area contributed by atoms with Crippen LogP contribution in [-0.2, 0) is 0 Å². The molecule has 0 aromatic heterocycles. The highest BCUT2D eigenvalue weighted by atomic mass is 16.5. The molecule has 0 atom stereocenters. The molecule has 8 heteroatoms. The lowest BCUT2D eigenvalue weighted by Gasteiger charge is -2.34. The average Bonchev–Trinajstić information content (AvgIpc) is 3.18. The lowest BCUT2D eigenvalue weighted by atomic mass is 10.1. The number of piperazine rings is 1. The standard InChI is InChI=1S/C26H32N4O4/c1-34-23-8-6-7-21(19-23)25(32)29-15-17-30(18-16-29)26(33)27-22-11-9-20(10-12-22)24(31)28-13-4-2-3-5-14-28/h6-12,19H,2-5,13-18H2,1H3,(H,27,33). The lowest BCUT2D eigenvalue weighted by molar-refractivity contribution is 0.0671. The van der Waals surface area contributed by atoms with E-state index in [1.165, 1.54) is 12.8 Å². The number of amides is 4. The first-order chi connectivity index (χ1) is 16.5. The van der Waals surface area contributed by atoms with Gasteiger partial charge in [0, 0.05) is 56.1 Å². The Bertz CT molecular complexity index is 1010. The summed E-state index contributed by atoms with van der Waals surface area (Å²) in [6, 6.07) is 14.0. The Labute approximate surface area is 200 Å². The normalized spacial score (nSPS) is 16.6. The highest BCUT2D eigenvalue weighted by Crippen LogP contribution is 2.18. The van der Waals surface area contributed by atoms with Crippen LogP contribution in [0.5, 0.6) is 5.75 Å². The van der Waals surface area contributed by atoms with Gasteiger partial charge in [-0.2, -0.15) is 0 Å². The number of ether oxygens (including phenoxy) is 1. The summed E-state index contributed by atoms with van der Waals surface area (Å²) in [6.07, 6.45) is 4.47. The van der Waals surface area contributed by atoms with Gasteiger partial charge in [-0.25, -0.2) is 4.79 Å². The van der Waals surface area contributed by atoms with E-state index in [4.69, 9.17) is 4.74 Å². The summed E-state index contributed by atoms with van der Waals surface area (Å²) < 4.78 is 5.20. The lowest BCUT2D eigenvalue weighted by Crippen LogP contribution is -2.51. The van der Waals surface area contributed by atoms with E-state index in [1.54, 1.807) is 65.4 Å². The van der Waals surface area contributed by atoms with Crippen molar-refractivity contribution in [1.82, 2.24) is 14.7 Å². The molecule has 0 saturated carbocycles. The van der Waals surface area contributed by atoms with Gasteiger partial charge < -0.3 is 24.8 Å². The number of hydrogen-bond donors (Lipinski definition) is 1. The summed E-state index contributed by atoms with van der Waals surface area (Å²) in [4.78, 5) is 43.6. The van der Waals surface area contributed by atoms with Crippen molar-refractivity contribution in [3.63, 3.8) is 0 Å². The van der Waals surface area contributed by atoms with Crippen LogP contribution in [0.25, 0.3) is 0 Å². The van der Waals surface area contributed by atoms with Gasteiger partial charge >= 0.3 is 6.03 Å². The first kappa shape index (κ1) is 23.6. The van der Waals surface area contributed by atoms with Crippen LogP contribution in [0.1, 0.15) is 46.4 Å². The Hall–Kier alpha value is -3.55. The Kier molecular flexibility index (Phi) is 7.67. The predicted molar refractivity (Wildman–Crippen MR) is 130 cm³/mol. The number of carbonyl (C=O) groups is 3. The Morgan fingerprint density at radius 3 is 1.94 bits per heavy atom. The van der Waals surface area contributed by atoms with Crippen molar-refractivity contribution in [3.05, 3.63) is 59.7 Å². The average molecular weight is 465 g/mol. The summed E-state index contributed by atoms with van der Waals surface area (Å²) in [5, 5.41) is 2.90. The van der Waals surface area contributed by atoms with Crippen molar-refractivity contribution in [3.8, 4) is 5.75 Å². The molecule has 34 heavy (non-hydrogen) atoms. The number of likely N-dealkylation sites (tertiary alicyclic amines) is 1. The first-order valence-corrected chi connectivity index (χ1v) is 11.9. The van der Waals surface area contributed by atoms with Crippen LogP contribution < -0.4 is 10.1 Å². The highest BCUT2D eigenvalue weighted by molar-refractivity contribution is 5.96. The first-order valence-electron chi connectivity index (χ1n) is 11.9. The quantitative estimate of drug-likeness (QED) is 0.748. The molecule has 0 bridgehead atoms. The Morgan fingerprint density at radius 2 is 1.29 bits per heavy atom. The van der Waals surface area contributed by atoms with Crippen molar-refractivity contribution in [2.75, 3.05) is 51.7 Å². The highest BCUT2D eigenvalue weighted by Gasteiger charge is 2.25. The molecule has 1 N–H and O–H groups in total. The fourth-order valence-corrected chi connectivity index (χ4v) is 4.41. The maximum absolute atomic E-state index is 12.8. The fraction of sp³-hybridized carbons (Fsp3) is 0.423. The minimum Gasteiger partial charge on any atom is -0.497 e. The third-order valence-corrected chi connectivity index (χ3v) is 6.45. The van der Waals surface area contributed by atoms with Crippen molar-refractivity contribution >= 4 is 23.5 Å². The van der Waals surface area contributed by atoms with E-state index in [-0.39, 0.29) is 17.8 Å². The number of anilines is 1. The summed E-state index contributed by atoms with van der Waals surface area (Å²) in [5.74, 6) is 0.628. The number of nitrogens with zero attached hydrogens (tertiary/aromatic N) is 3. The maximum Gasteiger partial charge on any atom is 0.321 e. The van der Waals surface area contributed by atoms with Gasteiger partial charge in [-0.15, -0.1) is 0 Å². The third-order valence-electron chi connectivity index (χ3n) is 6.45. The van der Waals surface area contributed by atoms with E-state index in [0.717, 1.165) is 25.9 Å². The van der Waals surface area contributed by atoms with E-state index < -0.39 is 0 Å². The molecule has 2 aromatic carbocycles. The van der Waals surface area contributed by atoms with Gasteiger partial charge in [0.2, 0.25) is 0 Å². The largest absolute Gasteiger partial charge is 0.497 e. The van der Waals surface area contributed by atoms with E-state index in [1.807, 2.05) is 4.90 Å². The zero-order valence-electron chi connectivity index (χ0n) is 19.7. The maximum atomic E-state index is 12.8. The van der Waals surface area contributed by atoms with Gasteiger partial charge in [-0.3, -0.25) is 9.59 Å². The minimum atomic E-state index is -0.208. The van der Waals surface area contributed by atoms with Crippen LogP contribution >= 0.6 is 0 Å². The SMILES string of the molecule is COc1cccc(C(=O)N2CCN(C(=O)Nc3ccc(C(=O)N4CCCCCC4)cc3)CC2)c1. The molecule has 2 fully saturated rings. The van der Waals surface area contributed by atoms with Gasteiger partial charge in [0.05, 0.1) is 7.11 Å². The van der Waals surface area contributed by atoms with E-state index >= 15 is 0 Å². The topological polar surface area (TPSA) is 82.2 Å². The summed E-state index contributed by atoms with van der Waals surface area (Å²) >= 11 is 0. The number of hydrogen-bond acceptors (Lipinski definition) is 4. The van der Waals surface area contributed by atoms with Crippen molar-refractivity contribution < 1.29 is 19.1 Å².